The SMILES string of the molecule is CN(C(=O)Cc1cccs1)C1CCC(ON)CC1. The lowest BCUT2D eigenvalue weighted by Gasteiger charge is -2.33. The van der Waals surface area contributed by atoms with Crippen molar-refractivity contribution < 1.29 is 9.63 Å². The Labute approximate surface area is 112 Å². The van der Waals surface area contributed by atoms with Crippen LogP contribution < -0.4 is 5.90 Å². The van der Waals surface area contributed by atoms with E-state index in [1.807, 2.05) is 29.5 Å². The molecule has 1 amide bonds. The van der Waals surface area contributed by atoms with Gasteiger partial charge in [0.15, 0.2) is 0 Å². The summed E-state index contributed by atoms with van der Waals surface area (Å²) < 4.78 is 0. The monoisotopic (exact) mass is 268 g/mol. The van der Waals surface area contributed by atoms with Crippen molar-refractivity contribution in [2.24, 2.45) is 5.90 Å². The lowest BCUT2D eigenvalue weighted by molar-refractivity contribution is -0.132. The highest BCUT2D eigenvalue weighted by molar-refractivity contribution is 7.10. The highest BCUT2D eigenvalue weighted by Crippen LogP contribution is 2.24. The second-order valence-corrected chi connectivity index (χ2v) is 5.86. The summed E-state index contributed by atoms with van der Waals surface area (Å²) in [5.74, 6) is 5.40. The molecule has 2 rings (SSSR count). The van der Waals surface area contributed by atoms with Gasteiger partial charge in [-0.05, 0) is 37.1 Å². The van der Waals surface area contributed by atoms with Crippen LogP contribution >= 0.6 is 11.3 Å². The van der Waals surface area contributed by atoms with Crippen LogP contribution in [0, 0.1) is 0 Å². The molecule has 18 heavy (non-hydrogen) atoms. The zero-order valence-corrected chi connectivity index (χ0v) is 11.5. The highest BCUT2D eigenvalue weighted by Gasteiger charge is 2.26. The van der Waals surface area contributed by atoms with Crippen molar-refractivity contribution in [2.45, 2.75) is 44.2 Å². The Morgan fingerprint density at radius 1 is 1.50 bits per heavy atom. The van der Waals surface area contributed by atoms with Crippen LogP contribution in [-0.4, -0.2) is 30.0 Å². The van der Waals surface area contributed by atoms with Crippen molar-refractivity contribution in [2.75, 3.05) is 7.05 Å². The largest absolute Gasteiger partial charge is 0.342 e. The molecule has 1 aromatic heterocycles. The first kappa shape index (κ1) is 13.5. The van der Waals surface area contributed by atoms with Crippen molar-refractivity contribution in [1.82, 2.24) is 4.90 Å². The lowest BCUT2D eigenvalue weighted by Crippen LogP contribution is -2.41. The van der Waals surface area contributed by atoms with Crippen molar-refractivity contribution in [3.63, 3.8) is 0 Å². The van der Waals surface area contributed by atoms with E-state index in [1.165, 1.54) is 0 Å². The van der Waals surface area contributed by atoms with Crippen LogP contribution in [0.25, 0.3) is 0 Å². The first-order valence-electron chi connectivity index (χ1n) is 6.34. The van der Waals surface area contributed by atoms with E-state index < -0.39 is 0 Å². The van der Waals surface area contributed by atoms with Gasteiger partial charge in [-0.25, -0.2) is 5.90 Å². The van der Waals surface area contributed by atoms with Gasteiger partial charge in [-0.1, -0.05) is 6.07 Å². The van der Waals surface area contributed by atoms with Crippen LogP contribution in [0.3, 0.4) is 0 Å². The third-order valence-corrected chi connectivity index (χ3v) is 4.56. The van der Waals surface area contributed by atoms with Gasteiger partial charge in [-0.2, -0.15) is 0 Å². The molecule has 1 heterocycles. The summed E-state index contributed by atoms with van der Waals surface area (Å²) in [5, 5.41) is 2.01. The Morgan fingerprint density at radius 3 is 2.78 bits per heavy atom. The third kappa shape index (κ3) is 3.31. The molecule has 1 aliphatic carbocycles. The van der Waals surface area contributed by atoms with Crippen LogP contribution in [0.1, 0.15) is 30.6 Å². The summed E-state index contributed by atoms with van der Waals surface area (Å²) in [4.78, 5) is 20.0. The van der Waals surface area contributed by atoms with Gasteiger partial charge < -0.3 is 9.74 Å². The van der Waals surface area contributed by atoms with Crippen LogP contribution in [0.15, 0.2) is 17.5 Å². The number of hydrogen-bond acceptors (Lipinski definition) is 4. The average molecular weight is 268 g/mol. The van der Waals surface area contributed by atoms with Crippen molar-refractivity contribution in [3.8, 4) is 0 Å². The fourth-order valence-corrected chi connectivity index (χ4v) is 3.16. The number of carbonyl (C=O) groups excluding carboxylic acids is 1. The first-order chi connectivity index (χ1) is 8.70. The quantitative estimate of drug-likeness (QED) is 0.849. The van der Waals surface area contributed by atoms with E-state index in [0.29, 0.717) is 12.5 Å². The lowest BCUT2D eigenvalue weighted by atomic mass is 9.92. The number of rotatable bonds is 4. The Kier molecular flexibility index (Phi) is 4.74. The summed E-state index contributed by atoms with van der Waals surface area (Å²) in [7, 11) is 1.91. The average Bonchev–Trinajstić information content (AvgIpc) is 2.91. The zero-order valence-electron chi connectivity index (χ0n) is 10.7. The molecule has 1 fully saturated rings. The highest BCUT2D eigenvalue weighted by atomic mass is 32.1. The van der Waals surface area contributed by atoms with Gasteiger partial charge in [-0.15, -0.1) is 11.3 Å². The van der Waals surface area contributed by atoms with E-state index in [-0.39, 0.29) is 12.0 Å². The first-order valence-corrected chi connectivity index (χ1v) is 7.22. The number of likely N-dealkylation sites (N-methyl/N-ethyl adjacent to an activating group) is 1. The van der Waals surface area contributed by atoms with E-state index in [1.54, 1.807) is 11.3 Å². The summed E-state index contributed by atoms with van der Waals surface area (Å²) in [6, 6.07) is 4.33. The number of amides is 1. The molecule has 0 unspecified atom stereocenters. The molecular weight excluding hydrogens is 248 g/mol. The Hall–Kier alpha value is -0.910. The fraction of sp³-hybridized carbons (Fsp3) is 0.615. The van der Waals surface area contributed by atoms with Gasteiger partial charge in [-0.3, -0.25) is 4.79 Å². The molecule has 0 bridgehead atoms. The topological polar surface area (TPSA) is 55.6 Å². The molecule has 100 valence electrons. The van der Waals surface area contributed by atoms with Crippen LogP contribution in [-0.2, 0) is 16.1 Å². The maximum absolute atomic E-state index is 12.1. The maximum atomic E-state index is 12.1. The number of nitrogens with two attached hydrogens (primary N) is 1. The molecule has 1 saturated carbocycles. The van der Waals surface area contributed by atoms with Crippen LogP contribution in [0.5, 0.6) is 0 Å². The summed E-state index contributed by atoms with van der Waals surface area (Å²) in [6.45, 7) is 0. The van der Waals surface area contributed by atoms with Crippen LogP contribution in [0.4, 0.5) is 0 Å². The predicted molar refractivity (Wildman–Crippen MR) is 72.1 cm³/mol. The van der Waals surface area contributed by atoms with Crippen molar-refractivity contribution >= 4 is 17.2 Å². The molecule has 0 aliphatic heterocycles. The van der Waals surface area contributed by atoms with Crippen molar-refractivity contribution in [3.05, 3.63) is 22.4 Å². The number of nitrogens with zero attached hydrogens (tertiary/aromatic N) is 1. The minimum Gasteiger partial charge on any atom is -0.342 e. The Bertz CT molecular complexity index is 372. The molecule has 0 radical (unpaired) electrons. The second kappa shape index (κ2) is 6.31. The number of carbonyl (C=O) groups is 1. The molecule has 0 atom stereocenters. The number of thiophene rings is 1. The summed E-state index contributed by atoms with van der Waals surface area (Å²) >= 11 is 1.64. The van der Waals surface area contributed by atoms with E-state index in [4.69, 9.17) is 10.7 Å². The van der Waals surface area contributed by atoms with Gasteiger partial charge >= 0.3 is 0 Å². The van der Waals surface area contributed by atoms with Gasteiger partial charge in [0.1, 0.15) is 0 Å². The molecule has 1 aromatic rings. The van der Waals surface area contributed by atoms with Crippen molar-refractivity contribution in [1.29, 1.82) is 0 Å². The van der Waals surface area contributed by atoms with Gasteiger partial charge in [0, 0.05) is 18.0 Å². The summed E-state index contributed by atoms with van der Waals surface area (Å²) in [5.41, 5.74) is 0. The normalized spacial score (nSPS) is 23.9. The minimum absolute atomic E-state index is 0.169. The maximum Gasteiger partial charge on any atom is 0.227 e. The molecule has 5 heteroatoms. The van der Waals surface area contributed by atoms with E-state index in [0.717, 1.165) is 30.6 Å². The molecule has 1 aliphatic rings. The molecular formula is C13H20N2O2S. The summed E-state index contributed by atoms with van der Waals surface area (Å²) in [6.07, 6.45) is 4.53. The zero-order chi connectivity index (χ0) is 13.0. The fourth-order valence-electron chi connectivity index (χ4n) is 2.46. The molecule has 0 spiro atoms. The van der Waals surface area contributed by atoms with Gasteiger partial charge in [0.2, 0.25) is 5.91 Å². The third-order valence-electron chi connectivity index (χ3n) is 3.68. The second-order valence-electron chi connectivity index (χ2n) is 4.83. The molecule has 0 aromatic carbocycles. The Morgan fingerprint density at radius 2 is 2.22 bits per heavy atom. The van der Waals surface area contributed by atoms with Gasteiger partial charge in [0.25, 0.3) is 0 Å². The van der Waals surface area contributed by atoms with Gasteiger partial charge in [0.05, 0.1) is 12.5 Å². The van der Waals surface area contributed by atoms with E-state index in [2.05, 4.69) is 0 Å². The Balaban J connectivity index is 1.83. The standard InChI is InChI=1S/C13H20N2O2S/c1-15(10-4-6-11(17-14)7-5-10)13(16)9-12-3-2-8-18-12/h2-3,8,10-11H,4-7,9,14H2,1H3. The van der Waals surface area contributed by atoms with E-state index >= 15 is 0 Å². The predicted octanol–water partition coefficient (Wildman–Crippen LogP) is 1.95. The molecule has 2 N–H and O–H groups in total. The minimum atomic E-state index is 0.169. The smallest absolute Gasteiger partial charge is 0.227 e. The van der Waals surface area contributed by atoms with E-state index in [9.17, 15) is 4.79 Å². The number of hydrogen-bond donors (Lipinski definition) is 1. The van der Waals surface area contributed by atoms with Crippen LogP contribution in [0.2, 0.25) is 0 Å². The molecule has 4 nitrogen and oxygen atoms in total. The molecule has 0 saturated heterocycles.